The van der Waals surface area contributed by atoms with Crippen molar-refractivity contribution >= 4 is 21.4 Å². The van der Waals surface area contributed by atoms with Crippen molar-refractivity contribution in [2.75, 3.05) is 39.8 Å². The summed E-state index contributed by atoms with van der Waals surface area (Å²) in [5, 5.41) is 4.17. The minimum absolute atomic E-state index is 0.0645. The number of nitrogens with one attached hydrogen (secondary N) is 1. The molecule has 1 aliphatic rings. The second-order valence-electron chi connectivity index (χ2n) is 7.49. The summed E-state index contributed by atoms with van der Waals surface area (Å²) in [4.78, 5) is 5.02. The SMILES string of the molecule is CC(C)c1ccc(S(=O)(=O)NC[C@@H](c2ccsc2)N2CCN(C)CC2)cc1. The number of nitrogens with zero attached hydrogens (tertiary/aromatic N) is 2. The van der Waals surface area contributed by atoms with Crippen LogP contribution in [0.15, 0.2) is 46.0 Å². The van der Waals surface area contributed by atoms with Crippen molar-refractivity contribution in [2.24, 2.45) is 0 Å². The summed E-state index contributed by atoms with van der Waals surface area (Å²) in [7, 11) is -1.40. The summed E-state index contributed by atoms with van der Waals surface area (Å²) in [6, 6.07) is 9.36. The summed E-state index contributed by atoms with van der Waals surface area (Å²) < 4.78 is 28.4. The minimum atomic E-state index is -3.52. The smallest absolute Gasteiger partial charge is 0.240 e. The molecule has 1 aromatic heterocycles. The van der Waals surface area contributed by atoms with Gasteiger partial charge in [0, 0.05) is 38.8 Å². The van der Waals surface area contributed by atoms with Crippen molar-refractivity contribution in [3.05, 3.63) is 52.2 Å². The maximum absolute atomic E-state index is 12.8. The lowest BCUT2D eigenvalue weighted by atomic mass is 10.0. The summed E-state index contributed by atoms with van der Waals surface area (Å²) in [6.45, 7) is 8.49. The molecule has 5 nitrogen and oxygen atoms in total. The molecule has 2 heterocycles. The molecule has 7 heteroatoms. The Morgan fingerprint density at radius 1 is 1.04 bits per heavy atom. The number of hydrogen-bond acceptors (Lipinski definition) is 5. The van der Waals surface area contributed by atoms with Gasteiger partial charge in [-0.05, 0) is 53.1 Å². The van der Waals surface area contributed by atoms with Crippen LogP contribution in [0.1, 0.15) is 36.9 Å². The van der Waals surface area contributed by atoms with Crippen LogP contribution in [-0.4, -0.2) is 58.0 Å². The van der Waals surface area contributed by atoms with Gasteiger partial charge < -0.3 is 4.90 Å². The van der Waals surface area contributed by atoms with E-state index in [1.54, 1.807) is 23.5 Å². The van der Waals surface area contributed by atoms with E-state index in [1.807, 2.05) is 12.1 Å². The highest BCUT2D eigenvalue weighted by molar-refractivity contribution is 7.89. The molecule has 1 N–H and O–H groups in total. The van der Waals surface area contributed by atoms with Gasteiger partial charge >= 0.3 is 0 Å². The van der Waals surface area contributed by atoms with E-state index in [2.05, 4.69) is 52.2 Å². The Hall–Kier alpha value is -1.25. The van der Waals surface area contributed by atoms with Crippen molar-refractivity contribution in [1.82, 2.24) is 14.5 Å². The molecule has 2 aromatic rings. The first-order chi connectivity index (χ1) is 12.9. The van der Waals surface area contributed by atoms with E-state index in [9.17, 15) is 8.42 Å². The van der Waals surface area contributed by atoms with Crippen LogP contribution >= 0.6 is 11.3 Å². The molecule has 1 fully saturated rings. The van der Waals surface area contributed by atoms with Crippen molar-refractivity contribution < 1.29 is 8.42 Å². The van der Waals surface area contributed by atoms with Gasteiger partial charge in [-0.3, -0.25) is 4.90 Å². The van der Waals surface area contributed by atoms with E-state index in [0.717, 1.165) is 31.7 Å². The van der Waals surface area contributed by atoms with Crippen LogP contribution in [0, 0.1) is 0 Å². The van der Waals surface area contributed by atoms with Crippen molar-refractivity contribution in [3.8, 4) is 0 Å². The molecule has 1 aliphatic heterocycles. The van der Waals surface area contributed by atoms with Crippen LogP contribution in [0.5, 0.6) is 0 Å². The van der Waals surface area contributed by atoms with Crippen LogP contribution < -0.4 is 4.72 Å². The highest BCUT2D eigenvalue weighted by Gasteiger charge is 2.26. The third-order valence-corrected chi connectivity index (χ3v) is 7.37. The highest BCUT2D eigenvalue weighted by atomic mass is 32.2. The summed E-state index contributed by atoms with van der Waals surface area (Å²) in [5.74, 6) is 0.384. The van der Waals surface area contributed by atoms with Gasteiger partial charge in [0.05, 0.1) is 4.90 Å². The van der Waals surface area contributed by atoms with Crippen LogP contribution in [0.3, 0.4) is 0 Å². The van der Waals surface area contributed by atoms with E-state index in [1.165, 1.54) is 5.56 Å². The van der Waals surface area contributed by atoms with Crippen molar-refractivity contribution in [3.63, 3.8) is 0 Å². The number of rotatable bonds is 7. The third kappa shape index (κ3) is 5.18. The molecule has 3 rings (SSSR count). The Morgan fingerprint density at radius 3 is 2.26 bits per heavy atom. The summed E-state index contributed by atoms with van der Waals surface area (Å²) in [5.41, 5.74) is 2.32. The first-order valence-electron chi connectivity index (χ1n) is 9.41. The Kier molecular flexibility index (Phi) is 6.70. The van der Waals surface area contributed by atoms with Crippen LogP contribution in [0.2, 0.25) is 0 Å². The number of hydrogen-bond donors (Lipinski definition) is 1. The van der Waals surface area contributed by atoms with Gasteiger partial charge in [0.25, 0.3) is 0 Å². The number of likely N-dealkylation sites (N-methyl/N-ethyl adjacent to an activating group) is 1. The molecule has 1 saturated heterocycles. The van der Waals surface area contributed by atoms with Gasteiger partial charge in [0.15, 0.2) is 0 Å². The Morgan fingerprint density at radius 2 is 1.70 bits per heavy atom. The predicted octanol–water partition coefficient (Wildman–Crippen LogP) is 3.14. The molecule has 0 unspecified atom stereocenters. The molecular weight excluding hydrogens is 378 g/mol. The Balaban J connectivity index is 1.72. The quantitative estimate of drug-likeness (QED) is 0.766. The lowest BCUT2D eigenvalue weighted by molar-refractivity contribution is 0.113. The van der Waals surface area contributed by atoms with Gasteiger partial charge in [0.2, 0.25) is 10.0 Å². The topological polar surface area (TPSA) is 52.7 Å². The Labute approximate surface area is 167 Å². The lowest BCUT2D eigenvalue weighted by Gasteiger charge is -2.37. The zero-order valence-electron chi connectivity index (χ0n) is 16.3. The highest BCUT2D eigenvalue weighted by Crippen LogP contribution is 2.24. The first kappa shape index (κ1) is 20.5. The van der Waals surface area contributed by atoms with E-state index in [4.69, 9.17) is 0 Å². The summed E-state index contributed by atoms with van der Waals surface area (Å²) in [6.07, 6.45) is 0. The van der Waals surface area contributed by atoms with Gasteiger partial charge in [-0.1, -0.05) is 26.0 Å². The molecule has 1 atom stereocenters. The Bertz CT molecular complexity index is 809. The van der Waals surface area contributed by atoms with Crippen molar-refractivity contribution in [1.29, 1.82) is 0 Å². The maximum atomic E-state index is 12.8. The van der Waals surface area contributed by atoms with Crippen LogP contribution in [0.4, 0.5) is 0 Å². The number of piperazine rings is 1. The molecule has 0 amide bonds. The zero-order valence-corrected chi connectivity index (χ0v) is 17.9. The van der Waals surface area contributed by atoms with E-state index >= 15 is 0 Å². The van der Waals surface area contributed by atoms with E-state index in [0.29, 0.717) is 17.4 Å². The van der Waals surface area contributed by atoms with E-state index < -0.39 is 10.0 Å². The molecule has 0 aliphatic carbocycles. The molecule has 27 heavy (non-hydrogen) atoms. The van der Waals surface area contributed by atoms with Gasteiger partial charge in [-0.15, -0.1) is 0 Å². The number of thiophene rings is 1. The van der Waals surface area contributed by atoms with Crippen LogP contribution in [-0.2, 0) is 10.0 Å². The molecule has 1 aromatic carbocycles. The predicted molar refractivity (Wildman–Crippen MR) is 112 cm³/mol. The van der Waals surface area contributed by atoms with Gasteiger partial charge in [0.1, 0.15) is 0 Å². The monoisotopic (exact) mass is 407 g/mol. The first-order valence-corrected chi connectivity index (χ1v) is 11.8. The van der Waals surface area contributed by atoms with Gasteiger partial charge in [-0.25, -0.2) is 13.1 Å². The second-order valence-corrected chi connectivity index (χ2v) is 10.0. The fourth-order valence-electron chi connectivity index (χ4n) is 3.36. The second kappa shape index (κ2) is 8.84. The molecule has 0 radical (unpaired) electrons. The molecule has 148 valence electrons. The third-order valence-electron chi connectivity index (χ3n) is 5.23. The maximum Gasteiger partial charge on any atom is 0.240 e. The van der Waals surface area contributed by atoms with Crippen molar-refractivity contribution in [2.45, 2.75) is 30.7 Å². The number of sulfonamides is 1. The lowest BCUT2D eigenvalue weighted by Crippen LogP contribution is -2.48. The molecule has 0 saturated carbocycles. The minimum Gasteiger partial charge on any atom is -0.304 e. The largest absolute Gasteiger partial charge is 0.304 e. The van der Waals surface area contributed by atoms with Gasteiger partial charge in [-0.2, -0.15) is 11.3 Å². The molecular formula is C20H29N3O2S2. The standard InChI is InChI=1S/C20H29N3O2S2/c1-16(2)17-4-6-19(7-5-17)27(24,25)21-14-20(18-8-13-26-15-18)23-11-9-22(3)10-12-23/h4-8,13,15-16,20-21H,9-12,14H2,1-3H3/t20-/m0/s1. The zero-order chi connectivity index (χ0) is 19.4. The average molecular weight is 408 g/mol. The summed E-state index contributed by atoms with van der Waals surface area (Å²) >= 11 is 1.65. The fourth-order valence-corrected chi connectivity index (χ4v) is 5.11. The number of benzene rings is 1. The fraction of sp³-hybridized carbons (Fsp3) is 0.500. The normalized spacial score (nSPS) is 18.1. The molecule has 0 spiro atoms. The van der Waals surface area contributed by atoms with E-state index in [-0.39, 0.29) is 6.04 Å². The average Bonchev–Trinajstić information content (AvgIpc) is 3.18. The van der Waals surface area contributed by atoms with Crippen LogP contribution in [0.25, 0.3) is 0 Å². The molecule has 0 bridgehead atoms.